The molecule has 0 aromatic heterocycles. The molecule has 2 rings (SSSR count). The lowest BCUT2D eigenvalue weighted by Crippen LogP contribution is -2.65. The zero-order chi connectivity index (χ0) is 51.0. The molecule has 12 unspecified atom stereocenters. The summed E-state index contributed by atoms with van der Waals surface area (Å²) < 4.78 is 22.7. The number of hydrogen-bond donors (Lipinski definition) is 9. The van der Waals surface area contributed by atoms with Crippen LogP contribution in [0, 0.1) is 0 Å². The standard InChI is InChI=1S/C56H93NO13/c1-3-5-7-9-11-13-15-16-17-18-19-20-21-22-23-24-25-26-27-28-30-32-34-36-38-40-48(61)57-44(45(60)39-37-35-33-31-29-14-12-10-8-6-4-2)43-67-55-53(66)51(64)54(47(42-59)69-55)70-56-52(65)50(63)49(62)46(41-58)68-56/h5,7,11,13,16-17,19-20,22-23,25-26,28,30,37,39,44-47,49-56,58-60,62-66H,3-4,6,8-10,12,14-15,18,21,24,27,29,31-36,38,40-43H2,1-2H3,(H,57,61)/b7-5-,13-11-,17-16-,20-19-,23-22-,26-25-,30-28-,39-37+. The van der Waals surface area contributed by atoms with Gasteiger partial charge in [0, 0.05) is 6.42 Å². The number of aliphatic hydroxyl groups excluding tert-OH is 8. The Labute approximate surface area is 420 Å². The number of allylic oxidation sites excluding steroid dienone is 15. The van der Waals surface area contributed by atoms with Gasteiger partial charge < -0.3 is 65.1 Å². The molecular formula is C56H93NO13. The molecule has 0 aromatic rings. The van der Waals surface area contributed by atoms with E-state index in [4.69, 9.17) is 18.9 Å². The first-order chi connectivity index (χ1) is 34.1. The fraction of sp³-hybridized carbons (Fsp3) is 0.696. The lowest BCUT2D eigenvalue weighted by atomic mass is 9.97. The maximum atomic E-state index is 13.2. The normalized spacial score (nSPS) is 26.8. The lowest BCUT2D eigenvalue weighted by Gasteiger charge is -2.46. The minimum atomic E-state index is -1.80. The summed E-state index contributed by atoms with van der Waals surface area (Å²) in [6.45, 7) is 2.60. The zero-order valence-electron chi connectivity index (χ0n) is 42.5. The second kappa shape index (κ2) is 41.4. The van der Waals surface area contributed by atoms with Gasteiger partial charge in [0.25, 0.3) is 0 Å². The summed E-state index contributed by atoms with van der Waals surface area (Å²) in [5.74, 6) is -0.278. The number of amides is 1. The van der Waals surface area contributed by atoms with Crippen LogP contribution in [0.2, 0.25) is 0 Å². The molecule has 2 heterocycles. The van der Waals surface area contributed by atoms with Crippen molar-refractivity contribution in [3.05, 3.63) is 97.2 Å². The largest absolute Gasteiger partial charge is 0.394 e. The van der Waals surface area contributed by atoms with Gasteiger partial charge in [-0.3, -0.25) is 4.79 Å². The fourth-order valence-corrected chi connectivity index (χ4v) is 7.97. The van der Waals surface area contributed by atoms with Crippen molar-refractivity contribution in [1.82, 2.24) is 5.32 Å². The van der Waals surface area contributed by atoms with Gasteiger partial charge >= 0.3 is 0 Å². The van der Waals surface area contributed by atoms with Crippen molar-refractivity contribution in [2.45, 2.75) is 229 Å². The van der Waals surface area contributed by atoms with Gasteiger partial charge in [-0.1, -0.05) is 169 Å². The molecule has 0 aliphatic carbocycles. The first kappa shape index (κ1) is 63.0. The Hall–Kier alpha value is -3.09. The van der Waals surface area contributed by atoms with E-state index in [0.29, 0.717) is 6.42 Å². The van der Waals surface area contributed by atoms with E-state index in [2.05, 4.69) is 104 Å². The van der Waals surface area contributed by atoms with Crippen LogP contribution in [0.4, 0.5) is 0 Å². The van der Waals surface area contributed by atoms with Crippen molar-refractivity contribution in [2.75, 3.05) is 19.8 Å². The summed E-state index contributed by atoms with van der Waals surface area (Å²) in [4.78, 5) is 13.2. The maximum absolute atomic E-state index is 13.2. The van der Waals surface area contributed by atoms with Crippen LogP contribution in [-0.2, 0) is 23.7 Å². The molecule has 70 heavy (non-hydrogen) atoms. The molecule has 14 nitrogen and oxygen atoms in total. The van der Waals surface area contributed by atoms with E-state index in [9.17, 15) is 45.6 Å². The van der Waals surface area contributed by atoms with Crippen LogP contribution in [0.3, 0.4) is 0 Å². The van der Waals surface area contributed by atoms with E-state index in [0.717, 1.165) is 89.9 Å². The fourth-order valence-electron chi connectivity index (χ4n) is 7.97. The van der Waals surface area contributed by atoms with Crippen LogP contribution in [-0.4, -0.2) is 140 Å². The molecule has 0 aromatic carbocycles. The molecule has 400 valence electrons. The number of hydrogen-bond acceptors (Lipinski definition) is 13. The summed E-state index contributed by atoms with van der Waals surface area (Å²) in [5, 5.41) is 86.7. The molecule has 2 fully saturated rings. The molecule has 0 saturated carbocycles. The lowest BCUT2D eigenvalue weighted by molar-refractivity contribution is -0.359. The third-order valence-corrected chi connectivity index (χ3v) is 12.3. The number of nitrogens with one attached hydrogen (secondary N) is 1. The third kappa shape index (κ3) is 27.7. The highest BCUT2D eigenvalue weighted by Gasteiger charge is 2.51. The SMILES string of the molecule is CC/C=C\C/C=C\C/C=C\C/C=C\C/C=C\C/C=C\C/C=C\CCCCCC(=O)NC(COC1OC(CO)C(OC2OC(CO)C(O)C(O)C2O)C(O)C1O)C(O)/C=C/CCCCCCCCCCC. The number of carbonyl (C=O) groups excluding carboxylic acids is 1. The molecule has 9 N–H and O–H groups in total. The van der Waals surface area contributed by atoms with E-state index in [-0.39, 0.29) is 18.9 Å². The predicted octanol–water partition coefficient (Wildman–Crippen LogP) is 7.54. The Balaban J connectivity index is 1.80. The monoisotopic (exact) mass is 988 g/mol. The molecule has 1 amide bonds. The van der Waals surface area contributed by atoms with Gasteiger partial charge in [0.2, 0.25) is 5.91 Å². The highest BCUT2D eigenvalue weighted by Crippen LogP contribution is 2.30. The number of rotatable bonds is 39. The highest BCUT2D eigenvalue weighted by atomic mass is 16.7. The minimum Gasteiger partial charge on any atom is -0.394 e. The van der Waals surface area contributed by atoms with E-state index < -0.39 is 86.8 Å². The molecule has 2 aliphatic heterocycles. The van der Waals surface area contributed by atoms with Crippen molar-refractivity contribution in [3.8, 4) is 0 Å². The van der Waals surface area contributed by atoms with Crippen molar-refractivity contribution >= 4 is 5.91 Å². The molecule has 0 radical (unpaired) electrons. The first-order valence-corrected chi connectivity index (χ1v) is 26.5. The summed E-state index contributed by atoms with van der Waals surface area (Å²) in [5.41, 5.74) is 0. The summed E-state index contributed by atoms with van der Waals surface area (Å²) >= 11 is 0. The van der Waals surface area contributed by atoms with E-state index in [1.54, 1.807) is 6.08 Å². The molecule has 12 atom stereocenters. The van der Waals surface area contributed by atoms with Crippen molar-refractivity contribution in [2.24, 2.45) is 0 Å². The Morgan fingerprint density at radius 2 is 0.986 bits per heavy atom. The summed E-state index contributed by atoms with van der Waals surface area (Å²) in [6, 6.07) is -0.938. The number of carbonyl (C=O) groups is 1. The minimum absolute atomic E-state index is 0.235. The second-order valence-electron chi connectivity index (χ2n) is 18.3. The van der Waals surface area contributed by atoms with Gasteiger partial charge in [-0.2, -0.15) is 0 Å². The number of unbranched alkanes of at least 4 members (excludes halogenated alkanes) is 12. The predicted molar refractivity (Wildman–Crippen MR) is 276 cm³/mol. The molecule has 2 saturated heterocycles. The van der Waals surface area contributed by atoms with Crippen LogP contribution >= 0.6 is 0 Å². The second-order valence-corrected chi connectivity index (χ2v) is 18.3. The maximum Gasteiger partial charge on any atom is 0.220 e. The van der Waals surface area contributed by atoms with E-state index >= 15 is 0 Å². The Kier molecular flexibility index (Phi) is 37.3. The highest BCUT2D eigenvalue weighted by molar-refractivity contribution is 5.76. The van der Waals surface area contributed by atoms with Crippen molar-refractivity contribution in [3.63, 3.8) is 0 Å². The summed E-state index contributed by atoms with van der Waals surface area (Å²) in [6.07, 6.45) is 38.8. The third-order valence-electron chi connectivity index (χ3n) is 12.3. The van der Waals surface area contributed by atoms with Gasteiger partial charge in [-0.05, 0) is 77.0 Å². The van der Waals surface area contributed by atoms with Crippen LogP contribution in [0.25, 0.3) is 0 Å². The Morgan fingerprint density at radius 3 is 1.51 bits per heavy atom. The topological polar surface area (TPSA) is 228 Å². The number of aliphatic hydroxyl groups is 8. The number of ether oxygens (including phenoxy) is 4. The van der Waals surface area contributed by atoms with E-state index in [1.807, 2.05) is 6.08 Å². The van der Waals surface area contributed by atoms with Gasteiger partial charge in [0.1, 0.15) is 48.8 Å². The van der Waals surface area contributed by atoms with Crippen LogP contribution < -0.4 is 5.32 Å². The van der Waals surface area contributed by atoms with Gasteiger partial charge in [-0.25, -0.2) is 0 Å². The van der Waals surface area contributed by atoms with Crippen molar-refractivity contribution in [1.29, 1.82) is 0 Å². The summed E-state index contributed by atoms with van der Waals surface area (Å²) in [7, 11) is 0. The van der Waals surface area contributed by atoms with Crippen molar-refractivity contribution < 1.29 is 64.6 Å². The average molecular weight is 988 g/mol. The Bertz CT molecular complexity index is 1540. The molecule has 0 bridgehead atoms. The van der Waals surface area contributed by atoms with E-state index in [1.165, 1.54) is 38.5 Å². The first-order valence-electron chi connectivity index (χ1n) is 26.5. The molecule has 0 spiro atoms. The molecule has 14 heteroatoms. The molecule has 2 aliphatic rings. The van der Waals surface area contributed by atoms with Crippen LogP contribution in [0.15, 0.2) is 97.2 Å². The molecular weight excluding hydrogens is 895 g/mol. The quantitative estimate of drug-likeness (QED) is 0.0215. The van der Waals surface area contributed by atoms with Gasteiger partial charge in [0.05, 0.1) is 32.0 Å². The average Bonchev–Trinajstić information content (AvgIpc) is 3.36. The smallest absolute Gasteiger partial charge is 0.220 e. The Morgan fingerprint density at radius 1 is 0.529 bits per heavy atom. The van der Waals surface area contributed by atoms with Crippen LogP contribution in [0.5, 0.6) is 0 Å². The van der Waals surface area contributed by atoms with Crippen LogP contribution in [0.1, 0.15) is 155 Å². The zero-order valence-corrected chi connectivity index (χ0v) is 42.5. The van der Waals surface area contributed by atoms with Gasteiger partial charge in [-0.15, -0.1) is 0 Å². The van der Waals surface area contributed by atoms with Gasteiger partial charge in [0.15, 0.2) is 12.6 Å².